The number of aliphatic hydroxyl groups is 1. The van der Waals surface area contributed by atoms with Gasteiger partial charge in [0.25, 0.3) is 0 Å². The van der Waals surface area contributed by atoms with E-state index in [1.54, 1.807) is 0 Å². The van der Waals surface area contributed by atoms with Crippen molar-refractivity contribution in [1.82, 2.24) is 4.90 Å². The van der Waals surface area contributed by atoms with E-state index >= 15 is 0 Å². The number of fused-ring (bicyclic) bond motifs is 7. The van der Waals surface area contributed by atoms with Gasteiger partial charge in [-0.1, -0.05) is 60.6 Å². The summed E-state index contributed by atoms with van der Waals surface area (Å²) in [5.41, 5.74) is 1.10. The molecule has 7 heteroatoms. The predicted molar refractivity (Wildman–Crippen MR) is 196 cm³/mol. The van der Waals surface area contributed by atoms with Gasteiger partial charge in [-0.3, -0.25) is 14.4 Å². The SMILES string of the molecule is C=C(C)[C@@H]1CC[C@]2(CC(=O)N3CCC(O)CC3)CC[C@]3(C)[C@H](CC[C@@H]4[C@@]5(C)CC[C@H](OC(=O)CC(C)(C)CC(=O)O)C(C)(C)[C@@H]5CC[C@]43C)[C@@H]12. The van der Waals surface area contributed by atoms with Crippen molar-refractivity contribution in [1.29, 1.82) is 0 Å². The molecule has 1 heterocycles. The Hall–Kier alpha value is -1.89. The van der Waals surface area contributed by atoms with E-state index in [2.05, 4.69) is 48.1 Å². The zero-order chi connectivity index (χ0) is 36.7. The van der Waals surface area contributed by atoms with Crippen LogP contribution >= 0.6 is 0 Å². The lowest BCUT2D eigenvalue weighted by Crippen LogP contribution is -2.67. The van der Waals surface area contributed by atoms with Crippen LogP contribution in [-0.4, -0.2) is 58.3 Å². The van der Waals surface area contributed by atoms with Crippen molar-refractivity contribution in [2.75, 3.05) is 13.1 Å². The van der Waals surface area contributed by atoms with Crippen LogP contribution in [-0.2, 0) is 19.1 Å². The summed E-state index contributed by atoms with van der Waals surface area (Å²) < 4.78 is 6.27. The van der Waals surface area contributed by atoms with E-state index in [0.29, 0.717) is 67.8 Å². The van der Waals surface area contributed by atoms with Crippen LogP contribution in [0.4, 0.5) is 0 Å². The second-order valence-corrected chi connectivity index (χ2v) is 20.6. The second-order valence-electron chi connectivity index (χ2n) is 20.6. The van der Waals surface area contributed by atoms with Crippen molar-refractivity contribution in [3.05, 3.63) is 12.2 Å². The van der Waals surface area contributed by atoms with E-state index < -0.39 is 11.4 Å². The third kappa shape index (κ3) is 6.09. The number of amides is 1. The minimum Gasteiger partial charge on any atom is -0.481 e. The number of carboxylic acid groups (broad SMARTS) is 1. The van der Waals surface area contributed by atoms with E-state index in [0.717, 1.165) is 38.5 Å². The Bertz CT molecular complexity index is 1360. The van der Waals surface area contributed by atoms with Gasteiger partial charge in [0, 0.05) is 24.9 Å². The monoisotopic (exact) mass is 696 g/mol. The number of aliphatic carboxylic acids is 1. The smallest absolute Gasteiger partial charge is 0.306 e. The maximum absolute atomic E-state index is 13.9. The van der Waals surface area contributed by atoms with Crippen molar-refractivity contribution in [2.45, 2.75) is 164 Å². The number of rotatable bonds is 8. The summed E-state index contributed by atoms with van der Waals surface area (Å²) in [5, 5.41) is 19.4. The van der Waals surface area contributed by atoms with E-state index in [4.69, 9.17) is 4.74 Å². The van der Waals surface area contributed by atoms with Crippen molar-refractivity contribution in [3.8, 4) is 0 Å². The number of allylic oxidation sites excluding steroid dienone is 1. The first-order chi connectivity index (χ1) is 23.2. The van der Waals surface area contributed by atoms with Crippen LogP contribution in [0.15, 0.2) is 12.2 Å². The first kappa shape index (κ1) is 37.9. The zero-order valence-corrected chi connectivity index (χ0v) is 32.7. The van der Waals surface area contributed by atoms with Crippen molar-refractivity contribution >= 4 is 17.8 Å². The molecule has 0 bridgehead atoms. The molecule has 0 spiro atoms. The zero-order valence-electron chi connectivity index (χ0n) is 32.7. The summed E-state index contributed by atoms with van der Waals surface area (Å²) in [4.78, 5) is 40.6. The minimum atomic E-state index is -0.885. The molecule has 282 valence electrons. The minimum absolute atomic E-state index is 0.0498. The number of nitrogens with zero attached hydrogens (tertiary/aromatic N) is 1. The normalized spacial score (nSPS) is 42.8. The molecule has 5 saturated carbocycles. The number of carbonyl (C=O) groups is 3. The number of carbonyl (C=O) groups excluding carboxylic acids is 2. The molecule has 0 radical (unpaired) electrons. The van der Waals surface area contributed by atoms with Gasteiger partial charge >= 0.3 is 11.9 Å². The van der Waals surface area contributed by atoms with Gasteiger partial charge in [0.15, 0.2) is 0 Å². The lowest BCUT2D eigenvalue weighted by molar-refractivity contribution is -0.250. The first-order valence-corrected chi connectivity index (χ1v) is 20.2. The molecule has 10 atom stereocenters. The lowest BCUT2D eigenvalue weighted by atomic mass is 9.32. The van der Waals surface area contributed by atoms with Crippen LogP contribution in [0.5, 0.6) is 0 Å². The van der Waals surface area contributed by atoms with Gasteiger partial charge in [-0.25, -0.2) is 0 Å². The Balaban J connectivity index is 1.23. The highest BCUT2D eigenvalue weighted by Gasteiger charge is 2.71. The lowest BCUT2D eigenvalue weighted by Gasteiger charge is -2.73. The second kappa shape index (κ2) is 12.9. The summed E-state index contributed by atoms with van der Waals surface area (Å²) in [6.07, 6.45) is 13.0. The summed E-state index contributed by atoms with van der Waals surface area (Å²) in [6, 6.07) is 0. The molecule has 50 heavy (non-hydrogen) atoms. The Morgan fingerprint density at radius 3 is 2.14 bits per heavy atom. The topological polar surface area (TPSA) is 104 Å². The highest BCUT2D eigenvalue weighted by molar-refractivity contribution is 5.77. The molecule has 6 rings (SSSR count). The number of esters is 1. The molecule has 1 aliphatic heterocycles. The van der Waals surface area contributed by atoms with Gasteiger partial charge in [-0.05, 0) is 141 Å². The summed E-state index contributed by atoms with van der Waals surface area (Å²) in [7, 11) is 0. The largest absolute Gasteiger partial charge is 0.481 e. The molecule has 5 aliphatic carbocycles. The summed E-state index contributed by atoms with van der Waals surface area (Å²) in [5.74, 6) is 1.76. The van der Waals surface area contributed by atoms with Crippen molar-refractivity contribution < 1.29 is 29.3 Å². The van der Waals surface area contributed by atoms with E-state index in [9.17, 15) is 24.6 Å². The average molecular weight is 696 g/mol. The average Bonchev–Trinajstić information content (AvgIpc) is 3.38. The van der Waals surface area contributed by atoms with Crippen LogP contribution in [0.1, 0.15) is 152 Å². The van der Waals surface area contributed by atoms with Gasteiger partial charge in [0.2, 0.25) is 5.91 Å². The number of piperidine rings is 1. The van der Waals surface area contributed by atoms with E-state index in [1.165, 1.54) is 31.3 Å². The maximum atomic E-state index is 13.9. The number of carboxylic acids is 1. The number of ether oxygens (including phenoxy) is 1. The third-order valence-corrected chi connectivity index (χ3v) is 17.0. The standard InChI is InChI=1S/C43H69NO6/c1-27(2)29-12-19-43(24-34(46)44-22-15-28(45)16-23-44)21-20-41(8)30(37(29)43)10-11-32-40(7)17-14-33(39(5,6)31(40)13-18-42(32,41)9)50-36(49)26-38(3,4)25-35(47)48/h28-33,37,45H,1,10-26H2,2-9H3,(H,47,48)/t29-,30+,31-,32+,33-,37+,40-,41+,42+,43+/m0/s1. The molecule has 1 saturated heterocycles. The molecule has 6 aliphatic rings. The molecule has 0 unspecified atom stereocenters. The molecule has 0 aromatic carbocycles. The Morgan fingerprint density at radius 2 is 1.50 bits per heavy atom. The van der Waals surface area contributed by atoms with Crippen LogP contribution in [0.25, 0.3) is 0 Å². The molecule has 0 aromatic heterocycles. The quantitative estimate of drug-likeness (QED) is 0.194. The molecular formula is C43H69NO6. The predicted octanol–water partition coefficient (Wildman–Crippen LogP) is 8.82. The highest BCUT2D eigenvalue weighted by atomic mass is 16.5. The Labute approximate surface area is 302 Å². The van der Waals surface area contributed by atoms with Gasteiger partial charge in [0.1, 0.15) is 6.10 Å². The van der Waals surface area contributed by atoms with E-state index in [-0.39, 0.29) is 58.1 Å². The number of hydrogen-bond acceptors (Lipinski definition) is 5. The van der Waals surface area contributed by atoms with Gasteiger partial charge in [-0.2, -0.15) is 0 Å². The van der Waals surface area contributed by atoms with Gasteiger partial charge < -0.3 is 19.8 Å². The maximum Gasteiger partial charge on any atom is 0.306 e. The van der Waals surface area contributed by atoms with Crippen LogP contribution in [0.3, 0.4) is 0 Å². The molecule has 6 fully saturated rings. The molecule has 7 nitrogen and oxygen atoms in total. The van der Waals surface area contributed by atoms with Gasteiger partial charge in [-0.15, -0.1) is 0 Å². The fraction of sp³-hybridized carbons (Fsp3) is 0.884. The third-order valence-electron chi connectivity index (χ3n) is 17.0. The van der Waals surface area contributed by atoms with Crippen LogP contribution < -0.4 is 0 Å². The van der Waals surface area contributed by atoms with Crippen LogP contribution in [0.2, 0.25) is 0 Å². The highest BCUT2D eigenvalue weighted by Crippen LogP contribution is 2.78. The van der Waals surface area contributed by atoms with Crippen molar-refractivity contribution in [3.63, 3.8) is 0 Å². The summed E-state index contributed by atoms with van der Waals surface area (Å²) >= 11 is 0. The van der Waals surface area contributed by atoms with E-state index in [1.807, 2.05) is 18.7 Å². The first-order valence-electron chi connectivity index (χ1n) is 20.2. The Kier molecular flexibility index (Phi) is 9.77. The molecule has 1 amide bonds. The number of aliphatic hydroxyl groups excluding tert-OH is 1. The number of likely N-dealkylation sites (tertiary alicyclic amines) is 1. The summed E-state index contributed by atoms with van der Waals surface area (Å²) in [6.45, 7) is 24.4. The molecule has 2 N–H and O–H groups in total. The molecule has 0 aromatic rings. The number of hydrogen-bond donors (Lipinski definition) is 2. The van der Waals surface area contributed by atoms with Crippen LogP contribution in [0, 0.1) is 62.1 Å². The van der Waals surface area contributed by atoms with Gasteiger partial charge in [0.05, 0.1) is 18.9 Å². The fourth-order valence-corrected chi connectivity index (χ4v) is 14.4. The Morgan fingerprint density at radius 1 is 0.820 bits per heavy atom. The van der Waals surface area contributed by atoms with Crippen molar-refractivity contribution in [2.24, 2.45) is 62.1 Å². The molecular weight excluding hydrogens is 626 g/mol. The fourth-order valence-electron chi connectivity index (χ4n) is 14.4.